The highest BCUT2D eigenvalue weighted by Crippen LogP contribution is 2.34. The molecule has 1 amide bonds. The molecule has 0 atom stereocenters. The van der Waals surface area contributed by atoms with E-state index in [0.29, 0.717) is 45.6 Å². The summed E-state index contributed by atoms with van der Waals surface area (Å²) in [6.45, 7) is 4.17. The number of hydrogen-bond acceptors (Lipinski definition) is 7. The zero-order valence-electron chi connectivity index (χ0n) is 20.8. The third kappa shape index (κ3) is 5.73. The number of anilines is 4. The fourth-order valence-electron chi connectivity index (χ4n) is 3.80. The van der Waals surface area contributed by atoms with Crippen molar-refractivity contribution in [3.05, 3.63) is 101 Å². The molecule has 0 saturated heterocycles. The molecule has 0 spiro atoms. The Morgan fingerprint density at radius 3 is 2.55 bits per heavy atom. The third-order valence-corrected chi connectivity index (χ3v) is 6.29. The molecule has 2 heterocycles. The van der Waals surface area contributed by atoms with Gasteiger partial charge in [-0.25, -0.2) is 15.0 Å². The van der Waals surface area contributed by atoms with E-state index in [4.69, 9.17) is 10.5 Å². The molecule has 0 aliphatic carbocycles. The van der Waals surface area contributed by atoms with Crippen molar-refractivity contribution in [3.63, 3.8) is 0 Å². The molecule has 8 nitrogen and oxygen atoms in total. The zero-order valence-corrected chi connectivity index (χ0v) is 22.4. The monoisotopic (exact) mass is 568 g/mol. The number of pyridine rings is 1. The average molecular weight is 569 g/mol. The molecule has 0 saturated carbocycles. The predicted octanol–water partition coefficient (Wildman–Crippen LogP) is 7.28. The van der Waals surface area contributed by atoms with Crippen LogP contribution in [0.2, 0.25) is 0 Å². The standard InChI is InChI=1S/C29H25BrN6O2/c1-17(2)24-12-11-23-27(35-24)32-16-33-28(23)36-25-14-18(29(37)34-21-5-3-4-19(30)15-21)6-13-26(25)38-22-9-7-20(31)8-10-22/h3-17H,31H2,1-2H3,(H,34,37)(H,32,33,35,36). The number of nitrogens with two attached hydrogens (primary N) is 1. The van der Waals surface area contributed by atoms with E-state index in [2.05, 4.69) is 55.4 Å². The van der Waals surface area contributed by atoms with Gasteiger partial charge in [-0.3, -0.25) is 4.79 Å². The molecular formula is C29H25BrN6O2. The number of carbonyl (C=O) groups is 1. The smallest absolute Gasteiger partial charge is 0.255 e. The average Bonchev–Trinajstić information content (AvgIpc) is 2.90. The lowest BCUT2D eigenvalue weighted by Crippen LogP contribution is -2.12. The largest absolute Gasteiger partial charge is 0.455 e. The molecule has 0 unspecified atom stereocenters. The van der Waals surface area contributed by atoms with Crippen molar-refractivity contribution in [2.24, 2.45) is 0 Å². The van der Waals surface area contributed by atoms with Crippen LogP contribution in [-0.4, -0.2) is 20.9 Å². The van der Waals surface area contributed by atoms with Gasteiger partial charge < -0.3 is 21.1 Å². The number of amides is 1. The number of carbonyl (C=O) groups excluding carboxylic acids is 1. The molecule has 0 aliphatic heterocycles. The van der Waals surface area contributed by atoms with Crippen LogP contribution in [-0.2, 0) is 0 Å². The predicted molar refractivity (Wildman–Crippen MR) is 154 cm³/mol. The Labute approximate surface area is 228 Å². The molecule has 38 heavy (non-hydrogen) atoms. The van der Waals surface area contributed by atoms with Gasteiger partial charge in [0.1, 0.15) is 17.9 Å². The Kier molecular flexibility index (Phi) is 7.19. The third-order valence-electron chi connectivity index (χ3n) is 5.80. The number of nitrogen functional groups attached to an aromatic ring is 1. The summed E-state index contributed by atoms with van der Waals surface area (Å²) in [4.78, 5) is 26.6. The van der Waals surface area contributed by atoms with E-state index < -0.39 is 0 Å². The van der Waals surface area contributed by atoms with Gasteiger partial charge in [-0.05, 0) is 78.7 Å². The second kappa shape index (κ2) is 10.9. The Balaban J connectivity index is 1.52. The summed E-state index contributed by atoms with van der Waals surface area (Å²) < 4.78 is 7.02. The van der Waals surface area contributed by atoms with Crippen LogP contribution >= 0.6 is 15.9 Å². The van der Waals surface area contributed by atoms with Gasteiger partial charge in [-0.2, -0.15) is 0 Å². The van der Waals surface area contributed by atoms with Gasteiger partial charge in [0.2, 0.25) is 0 Å². The number of rotatable bonds is 7. The first-order chi connectivity index (χ1) is 18.4. The van der Waals surface area contributed by atoms with E-state index in [1.165, 1.54) is 6.33 Å². The Morgan fingerprint density at radius 2 is 1.79 bits per heavy atom. The van der Waals surface area contributed by atoms with Gasteiger partial charge in [-0.15, -0.1) is 0 Å². The minimum atomic E-state index is -0.263. The molecule has 0 bridgehead atoms. The van der Waals surface area contributed by atoms with Crippen molar-refractivity contribution < 1.29 is 9.53 Å². The fraction of sp³-hybridized carbons (Fsp3) is 0.103. The number of hydrogen-bond donors (Lipinski definition) is 3. The second-order valence-electron chi connectivity index (χ2n) is 8.96. The fourth-order valence-corrected chi connectivity index (χ4v) is 4.20. The van der Waals surface area contributed by atoms with Crippen LogP contribution in [0.15, 0.2) is 89.7 Å². The number of ether oxygens (including phenoxy) is 1. The molecule has 190 valence electrons. The number of halogens is 1. The van der Waals surface area contributed by atoms with Crippen molar-refractivity contribution in [2.45, 2.75) is 19.8 Å². The first-order valence-corrected chi connectivity index (χ1v) is 12.8. The molecular weight excluding hydrogens is 544 g/mol. The van der Waals surface area contributed by atoms with Crippen molar-refractivity contribution in [2.75, 3.05) is 16.4 Å². The molecule has 3 aromatic carbocycles. The topological polar surface area (TPSA) is 115 Å². The molecule has 5 rings (SSSR count). The van der Waals surface area contributed by atoms with Crippen molar-refractivity contribution in [3.8, 4) is 11.5 Å². The highest BCUT2D eigenvalue weighted by atomic mass is 79.9. The number of benzene rings is 3. The molecule has 9 heteroatoms. The van der Waals surface area contributed by atoms with Crippen LogP contribution in [0.25, 0.3) is 11.0 Å². The number of nitrogens with one attached hydrogen (secondary N) is 2. The summed E-state index contributed by atoms with van der Waals surface area (Å²) in [6.07, 6.45) is 1.46. The summed E-state index contributed by atoms with van der Waals surface area (Å²) in [5, 5.41) is 7.01. The highest BCUT2D eigenvalue weighted by Gasteiger charge is 2.15. The lowest BCUT2D eigenvalue weighted by Gasteiger charge is -2.16. The summed E-state index contributed by atoms with van der Waals surface area (Å²) >= 11 is 3.43. The first-order valence-electron chi connectivity index (χ1n) is 12.0. The van der Waals surface area contributed by atoms with Gasteiger partial charge in [-0.1, -0.05) is 35.8 Å². The normalized spacial score (nSPS) is 10.9. The maximum atomic E-state index is 13.1. The molecule has 5 aromatic rings. The van der Waals surface area contributed by atoms with Gasteiger partial charge in [0.15, 0.2) is 11.4 Å². The van der Waals surface area contributed by atoms with Crippen LogP contribution in [0.3, 0.4) is 0 Å². The van der Waals surface area contributed by atoms with Gasteiger partial charge >= 0.3 is 0 Å². The zero-order chi connectivity index (χ0) is 26.6. The minimum Gasteiger partial charge on any atom is -0.455 e. The summed E-state index contributed by atoms with van der Waals surface area (Å²) in [5.41, 5.74) is 9.66. The maximum Gasteiger partial charge on any atom is 0.255 e. The van der Waals surface area contributed by atoms with Gasteiger partial charge in [0.05, 0.1) is 11.1 Å². The Bertz CT molecular complexity index is 1620. The lowest BCUT2D eigenvalue weighted by molar-refractivity contribution is 0.102. The molecule has 0 fully saturated rings. The van der Waals surface area contributed by atoms with Gasteiger partial charge in [0.25, 0.3) is 5.91 Å². The minimum absolute atomic E-state index is 0.263. The van der Waals surface area contributed by atoms with Crippen LogP contribution in [0.5, 0.6) is 11.5 Å². The number of fused-ring (bicyclic) bond motifs is 1. The quantitative estimate of drug-likeness (QED) is 0.177. The van der Waals surface area contributed by atoms with E-state index in [0.717, 1.165) is 15.6 Å². The number of nitrogens with zero attached hydrogens (tertiary/aromatic N) is 3. The maximum absolute atomic E-state index is 13.1. The summed E-state index contributed by atoms with van der Waals surface area (Å²) in [7, 11) is 0. The van der Waals surface area contributed by atoms with Crippen molar-refractivity contribution >= 4 is 55.8 Å². The van der Waals surface area contributed by atoms with Crippen LogP contribution in [0, 0.1) is 0 Å². The SMILES string of the molecule is CC(C)c1ccc2c(Nc3cc(C(=O)Nc4cccc(Br)c4)ccc3Oc3ccc(N)cc3)ncnc2n1. The molecule has 4 N–H and O–H groups in total. The van der Waals surface area contributed by atoms with E-state index in [1.807, 2.05) is 36.4 Å². The Morgan fingerprint density at radius 1 is 0.974 bits per heavy atom. The van der Waals surface area contributed by atoms with E-state index in [-0.39, 0.29) is 11.8 Å². The molecule has 2 aromatic heterocycles. The van der Waals surface area contributed by atoms with Crippen molar-refractivity contribution in [1.82, 2.24) is 15.0 Å². The molecule has 0 radical (unpaired) electrons. The summed E-state index contributed by atoms with van der Waals surface area (Å²) in [6, 6.07) is 23.6. The number of aromatic nitrogens is 3. The van der Waals surface area contributed by atoms with E-state index in [1.54, 1.807) is 42.5 Å². The first kappa shape index (κ1) is 25.2. The van der Waals surface area contributed by atoms with Crippen LogP contribution < -0.4 is 21.1 Å². The van der Waals surface area contributed by atoms with Crippen LogP contribution in [0.1, 0.15) is 35.8 Å². The summed E-state index contributed by atoms with van der Waals surface area (Å²) in [5.74, 6) is 1.66. The molecule has 0 aliphatic rings. The lowest BCUT2D eigenvalue weighted by atomic mass is 10.1. The van der Waals surface area contributed by atoms with E-state index >= 15 is 0 Å². The van der Waals surface area contributed by atoms with E-state index in [9.17, 15) is 4.79 Å². The van der Waals surface area contributed by atoms with Gasteiger partial charge in [0, 0.05) is 27.1 Å². The van der Waals surface area contributed by atoms with Crippen LogP contribution in [0.4, 0.5) is 22.9 Å². The second-order valence-corrected chi connectivity index (χ2v) is 9.87. The Hall–Kier alpha value is -4.50. The van der Waals surface area contributed by atoms with Crippen molar-refractivity contribution in [1.29, 1.82) is 0 Å². The highest BCUT2D eigenvalue weighted by molar-refractivity contribution is 9.10.